The summed E-state index contributed by atoms with van der Waals surface area (Å²) in [4.78, 5) is 0. The minimum atomic E-state index is -0.947. The van der Waals surface area contributed by atoms with E-state index in [1.807, 2.05) is 0 Å². The van der Waals surface area contributed by atoms with Crippen LogP contribution in [0.3, 0.4) is 0 Å². The standard InChI is InChI=1S/C6H10O2S2/c1-2-6-9(7)4-3-5-10(6)8/h2H,3-5H2,1H3. The van der Waals surface area contributed by atoms with Crippen LogP contribution in [0.25, 0.3) is 0 Å². The van der Waals surface area contributed by atoms with Gasteiger partial charge >= 0.3 is 0 Å². The van der Waals surface area contributed by atoms with Crippen LogP contribution in [0, 0.1) is 0 Å². The summed E-state index contributed by atoms with van der Waals surface area (Å²) < 4.78 is 22.8. The Bertz CT molecular complexity index is 190. The molecule has 1 aliphatic rings. The topological polar surface area (TPSA) is 34.1 Å². The van der Waals surface area contributed by atoms with E-state index in [2.05, 4.69) is 0 Å². The lowest BCUT2D eigenvalue weighted by molar-refractivity contribution is 0.677. The zero-order chi connectivity index (χ0) is 7.56. The first-order valence-corrected chi connectivity index (χ1v) is 5.82. The highest BCUT2D eigenvalue weighted by atomic mass is 32.2. The smallest absolute Gasteiger partial charge is 0.0985 e. The molecular formula is C6H10O2S2. The largest absolute Gasteiger partial charge is 0.254 e. The Morgan fingerprint density at radius 1 is 1.30 bits per heavy atom. The highest BCUT2D eigenvalue weighted by Gasteiger charge is 2.18. The van der Waals surface area contributed by atoms with Crippen molar-refractivity contribution in [1.29, 1.82) is 0 Å². The molecule has 0 aliphatic carbocycles. The molecule has 0 aromatic carbocycles. The minimum Gasteiger partial charge on any atom is -0.254 e. The van der Waals surface area contributed by atoms with E-state index in [4.69, 9.17) is 0 Å². The van der Waals surface area contributed by atoms with Gasteiger partial charge in [0.05, 0.1) is 25.8 Å². The summed E-state index contributed by atoms with van der Waals surface area (Å²) in [7, 11) is -1.89. The molecule has 0 spiro atoms. The predicted octanol–water partition coefficient (Wildman–Crippen LogP) is 0.749. The lowest BCUT2D eigenvalue weighted by Crippen LogP contribution is -2.16. The van der Waals surface area contributed by atoms with Gasteiger partial charge in [-0.25, -0.2) is 0 Å². The number of hydrogen-bond acceptors (Lipinski definition) is 2. The van der Waals surface area contributed by atoms with Crippen molar-refractivity contribution in [2.24, 2.45) is 0 Å². The maximum Gasteiger partial charge on any atom is 0.0985 e. The molecule has 2 atom stereocenters. The molecule has 0 aromatic rings. The fourth-order valence-electron chi connectivity index (χ4n) is 0.889. The average molecular weight is 178 g/mol. The van der Waals surface area contributed by atoms with Crippen LogP contribution in [0.2, 0.25) is 0 Å². The van der Waals surface area contributed by atoms with E-state index in [9.17, 15) is 8.42 Å². The summed E-state index contributed by atoms with van der Waals surface area (Å²) >= 11 is 0. The highest BCUT2D eigenvalue weighted by Crippen LogP contribution is 2.15. The summed E-state index contributed by atoms with van der Waals surface area (Å²) in [5.41, 5.74) is 0. The molecule has 58 valence electrons. The van der Waals surface area contributed by atoms with Crippen molar-refractivity contribution in [3.63, 3.8) is 0 Å². The van der Waals surface area contributed by atoms with Crippen LogP contribution < -0.4 is 0 Å². The second-order valence-corrected chi connectivity index (χ2v) is 5.40. The van der Waals surface area contributed by atoms with Crippen LogP contribution in [0.1, 0.15) is 13.3 Å². The van der Waals surface area contributed by atoms with Crippen molar-refractivity contribution in [2.45, 2.75) is 13.3 Å². The quantitative estimate of drug-likeness (QED) is 0.548. The van der Waals surface area contributed by atoms with Gasteiger partial charge < -0.3 is 0 Å². The molecule has 2 unspecified atom stereocenters. The minimum absolute atomic E-state index is 0.631. The molecule has 1 fully saturated rings. The lowest BCUT2D eigenvalue weighted by atomic mass is 10.6. The van der Waals surface area contributed by atoms with Gasteiger partial charge in [-0.05, 0) is 13.3 Å². The Hall–Kier alpha value is 0.0400. The summed E-state index contributed by atoms with van der Waals surface area (Å²) in [6, 6.07) is 0. The molecule has 4 heteroatoms. The average Bonchev–Trinajstić information content (AvgIpc) is 1.88. The molecule has 1 rings (SSSR count). The molecule has 10 heavy (non-hydrogen) atoms. The fourth-order valence-corrected chi connectivity index (χ4v) is 4.14. The van der Waals surface area contributed by atoms with Gasteiger partial charge in [-0.1, -0.05) is 6.08 Å². The van der Waals surface area contributed by atoms with Gasteiger partial charge in [-0.3, -0.25) is 8.42 Å². The lowest BCUT2D eigenvalue weighted by Gasteiger charge is -2.11. The van der Waals surface area contributed by atoms with E-state index in [0.29, 0.717) is 15.7 Å². The Kier molecular flexibility index (Phi) is 2.80. The van der Waals surface area contributed by atoms with E-state index >= 15 is 0 Å². The summed E-state index contributed by atoms with van der Waals surface area (Å²) in [5.74, 6) is 1.37. The molecule has 1 aliphatic heterocycles. The first-order chi connectivity index (χ1) is 4.75. The Morgan fingerprint density at radius 3 is 2.10 bits per heavy atom. The number of hydrogen-bond donors (Lipinski definition) is 0. The molecular weight excluding hydrogens is 168 g/mol. The predicted molar refractivity (Wildman–Crippen MR) is 44.4 cm³/mol. The second-order valence-electron chi connectivity index (χ2n) is 2.06. The van der Waals surface area contributed by atoms with E-state index in [-0.39, 0.29) is 0 Å². The van der Waals surface area contributed by atoms with Crippen molar-refractivity contribution in [3.05, 3.63) is 10.3 Å². The third kappa shape index (κ3) is 1.55. The van der Waals surface area contributed by atoms with Gasteiger partial charge in [-0.15, -0.1) is 0 Å². The Morgan fingerprint density at radius 2 is 1.80 bits per heavy atom. The van der Waals surface area contributed by atoms with E-state index < -0.39 is 21.6 Å². The van der Waals surface area contributed by atoms with Crippen LogP contribution in [-0.4, -0.2) is 19.9 Å². The van der Waals surface area contributed by atoms with Crippen molar-refractivity contribution in [3.8, 4) is 0 Å². The Labute approximate surface area is 65.6 Å². The van der Waals surface area contributed by atoms with E-state index in [0.717, 1.165) is 6.42 Å². The molecule has 0 aromatic heterocycles. The number of rotatable bonds is 0. The van der Waals surface area contributed by atoms with Gasteiger partial charge in [0.25, 0.3) is 0 Å². The monoisotopic (exact) mass is 178 g/mol. The van der Waals surface area contributed by atoms with Crippen LogP contribution in [0.5, 0.6) is 0 Å². The van der Waals surface area contributed by atoms with Gasteiger partial charge in [0.2, 0.25) is 0 Å². The molecule has 2 nitrogen and oxygen atoms in total. The maximum absolute atomic E-state index is 11.1. The van der Waals surface area contributed by atoms with E-state index in [1.54, 1.807) is 13.0 Å². The van der Waals surface area contributed by atoms with Gasteiger partial charge in [0.1, 0.15) is 0 Å². The second kappa shape index (κ2) is 3.44. The zero-order valence-corrected chi connectivity index (χ0v) is 7.46. The molecule has 0 N–H and O–H groups in total. The van der Waals surface area contributed by atoms with Crippen LogP contribution in [0.15, 0.2) is 10.3 Å². The SMILES string of the molecule is CC=C1S(=O)CCCS1=O. The summed E-state index contributed by atoms with van der Waals surface area (Å²) in [6.45, 7) is 1.79. The van der Waals surface area contributed by atoms with Gasteiger partial charge in [-0.2, -0.15) is 0 Å². The molecule has 0 bridgehead atoms. The van der Waals surface area contributed by atoms with Crippen molar-refractivity contribution < 1.29 is 8.42 Å². The van der Waals surface area contributed by atoms with Crippen molar-refractivity contribution in [2.75, 3.05) is 11.5 Å². The van der Waals surface area contributed by atoms with Gasteiger partial charge in [0, 0.05) is 11.5 Å². The van der Waals surface area contributed by atoms with E-state index in [1.165, 1.54) is 0 Å². The number of allylic oxidation sites excluding steroid dienone is 1. The van der Waals surface area contributed by atoms with Crippen LogP contribution in [-0.2, 0) is 21.6 Å². The fraction of sp³-hybridized carbons (Fsp3) is 0.667. The van der Waals surface area contributed by atoms with Crippen molar-refractivity contribution >= 4 is 21.6 Å². The summed E-state index contributed by atoms with van der Waals surface area (Å²) in [6.07, 6.45) is 2.54. The molecule has 1 heterocycles. The zero-order valence-electron chi connectivity index (χ0n) is 5.83. The van der Waals surface area contributed by atoms with Crippen LogP contribution >= 0.6 is 0 Å². The third-order valence-corrected chi connectivity index (χ3v) is 5.15. The van der Waals surface area contributed by atoms with Crippen molar-refractivity contribution in [1.82, 2.24) is 0 Å². The van der Waals surface area contributed by atoms with Gasteiger partial charge in [0.15, 0.2) is 0 Å². The molecule has 0 amide bonds. The third-order valence-electron chi connectivity index (χ3n) is 1.34. The molecule has 0 saturated carbocycles. The molecule has 1 saturated heterocycles. The maximum atomic E-state index is 11.1. The summed E-state index contributed by atoms with van der Waals surface area (Å²) in [5, 5.41) is 0. The highest BCUT2D eigenvalue weighted by molar-refractivity contribution is 8.09. The first-order valence-electron chi connectivity index (χ1n) is 3.18. The normalized spacial score (nSPS) is 33.9. The first kappa shape index (κ1) is 8.14. The Balaban J connectivity index is 2.83. The molecule has 0 radical (unpaired) electrons. The van der Waals surface area contributed by atoms with Crippen LogP contribution in [0.4, 0.5) is 0 Å².